The van der Waals surface area contributed by atoms with E-state index in [0.29, 0.717) is 13.2 Å². The highest BCUT2D eigenvalue weighted by Gasteiger charge is 2.17. The van der Waals surface area contributed by atoms with Crippen molar-refractivity contribution in [2.24, 2.45) is 0 Å². The van der Waals surface area contributed by atoms with Gasteiger partial charge in [-0.05, 0) is 0 Å². The molecule has 2 nitrogen and oxygen atoms in total. The van der Waals surface area contributed by atoms with Crippen LogP contribution in [0.4, 0.5) is 0 Å². The van der Waals surface area contributed by atoms with Gasteiger partial charge >= 0.3 is 0 Å². The number of hydrogen-bond donors (Lipinski definition) is 0. The van der Waals surface area contributed by atoms with Crippen LogP contribution in [0.25, 0.3) is 0 Å². The van der Waals surface area contributed by atoms with Gasteiger partial charge in [0.05, 0.1) is 13.2 Å². The summed E-state index contributed by atoms with van der Waals surface area (Å²) in [6, 6.07) is 0. The fourth-order valence-electron chi connectivity index (χ4n) is 0.492. The summed E-state index contributed by atoms with van der Waals surface area (Å²) in [5.41, 5.74) is -0.738. The molecule has 0 aromatic carbocycles. The molecule has 0 spiro atoms. The van der Waals surface area contributed by atoms with Gasteiger partial charge in [-0.2, -0.15) is 0 Å². The summed E-state index contributed by atoms with van der Waals surface area (Å²) in [6.45, 7) is 0.871. The summed E-state index contributed by atoms with van der Waals surface area (Å²) in [4.78, 5) is 0. The van der Waals surface area contributed by atoms with Crippen LogP contribution in [-0.2, 0) is 9.47 Å². The Morgan fingerprint density at radius 2 is 1.62 bits per heavy atom. The van der Waals surface area contributed by atoms with E-state index < -0.39 is 0 Å². The third-order valence-electron chi connectivity index (χ3n) is 0.793. The van der Waals surface area contributed by atoms with Crippen LogP contribution in [-0.4, -0.2) is 24.3 Å². The molecule has 1 rings (SSSR count). The molecule has 0 bridgehead atoms. The standard InChI is InChI=1S/C4H6Cl2O2/c5-3-1-7-2-4(6)8-3/h3-4H,1-2H2. The predicted octanol–water partition coefficient (Wildman–Crippen LogP) is 1.16. The molecule has 1 fully saturated rings. The molecule has 1 heterocycles. The molecule has 0 amide bonds. The van der Waals surface area contributed by atoms with Gasteiger partial charge in [-0.3, -0.25) is 0 Å². The molecule has 0 radical (unpaired) electrons. The Morgan fingerprint density at radius 1 is 1.12 bits per heavy atom. The minimum Gasteiger partial charge on any atom is -0.373 e. The molecule has 1 aliphatic rings. The highest BCUT2D eigenvalue weighted by Crippen LogP contribution is 2.12. The van der Waals surface area contributed by atoms with Gasteiger partial charge in [0.2, 0.25) is 0 Å². The van der Waals surface area contributed by atoms with Crippen LogP contribution in [0.2, 0.25) is 0 Å². The van der Waals surface area contributed by atoms with Crippen LogP contribution in [0.1, 0.15) is 0 Å². The zero-order valence-electron chi connectivity index (χ0n) is 4.14. The van der Waals surface area contributed by atoms with Crippen molar-refractivity contribution in [3.8, 4) is 0 Å². The first-order valence-electron chi connectivity index (χ1n) is 2.30. The van der Waals surface area contributed by atoms with Crippen LogP contribution in [0, 0.1) is 0 Å². The first kappa shape index (κ1) is 6.62. The number of hydrogen-bond acceptors (Lipinski definition) is 2. The lowest BCUT2D eigenvalue weighted by atomic mass is 10.6. The molecule has 4 heteroatoms. The van der Waals surface area contributed by atoms with Crippen LogP contribution in [0.15, 0.2) is 0 Å². The van der Waals surface area contributed by atoms with Crippen molar-refractivity contribution in [2.45, 2.75) is 11.1 Å². The van der Waals surface area contributed by atoms with Gasteiger partial charge < -0.3 is 9.47 Å². The molecule has 1 aliphatic heterocycles. The van der Waals surface area contributed by atoms with Gasteiger partial charge in [-0.15, -0.1) is 0 Å². The number of ether oxygens (including phenoxy) is 2. The smallest absolute Gasteiger partial charge is 0.156 e. The Bertz CT molecular complexity index is 70.4. The summed E-state index contributed by atoms with van der Waals surface area (Å²) in [7, 11) is 0. The van der Waals surface area contributed by atoms with Crippen molar-refractivity contribution in [3.63, 3.8) is 0 Å². The zero-order valence-corrected chi connectivity index (χ0v) is 5.65. The first-order valence-corrected chi connectivity index (χ1v) is 3.17. The highest BCUT2D eigenvalue weighted by atomic mass is 35.5. The van der Waals surface area contributed by atoms with E-state index in [4.69, 9.17) is 32.7 Å². The molecule has 2 unspecified atom stereocenters. The normalized spacial score (nSPS) is 39.8. The molecule has 8 heavy (non-hydrogen) atoms. The van der Waals surface area contributed by atoms with Crippen LogP contribution >= 0.6 is 23.2 Å². The lowest BCUT2D eigenvalue weighted by Crippen LogP contribution is -2.29. The minimum atomic E-state index is -0.369. The first-order chi connectivity index (χ1) is 3.79. The Kier molecular flexibility index (Phi) is 2.38. The van der Waals surface area contributed by atoms with Crippen molar-refractivity contribution in [3.05, 3.63) is 0 Å². The summed E-state index contributed by atoms with van der Waals surface area (Å²) >= 11 is 11.0. The van der Waals surface area contributed by atoms with E-state index in [1.807, 2.05) is 0 Å². The third-order valence-corrected chi connectivity index (χ3v) is 1.25. The van der Waals surface area contributed by atoms with E-state index in [-0.39, 0.29) is 11.1 Å². The van der Waals surface area contributed by atoms with Gasteiger partial charge in [0.25, 0.3) is 0 Å². The third kappa shape index (κ3) is 1.78. The largest absolute Gasteiger partial charge is 0.373 e. The molecule has 1 saturated heterocycles. The quantitative estimate of drug-likeness (QED) is 0.491. The van der Waals surface area contributed by atoms with E-state index in [1.165, 1.54) is 0 Å². The van der Waals surface area contributed by atoms with Gasteiger partial charge in [0, 0.05) is 0 Å². The van der Waals surface area contributed by atoms with Gasteiger partial charge in [-0.1, -0.05) is 23.2 Å². The van der Waals surface area contributed by atoms with Crippen molar-refractivity contribution in [1.82, 2.24) is 0 Å². The monoisotopic (exact) mass is 156 g/mol. The highest BCUT2D eigenvalue weighted by molar-refractivity contribution is 6.22. The molecule has 0 saturated carbocycles. The van der Waals surface area contributed by atoms with Gasteiger partial charge in [0.1, 0.15) is 0 Å². The Labute approximate surface area is 57.7 Å². The molecule has 48 valence electrons. The van der Waals surface area contributed by atoms with E-state index in [0.717, 1.165) is 0 Å². The molecular formula is C4H6Cl2O2. The van der Waals surface area contributed by atoms with Gasteiger partial charge in [0.15, 0.2) is 11.1 Å². The minimum absolute atomic E-state index is 0.369. The topological polar surface area (TPSA) is 18.5 Å². The van der Waals surface area contributed by atoms with E-state index >= 15 is 0 Å². The summed E-state index contributed by atoms with van der Waals surface area (Å²) in [6.07, 6.45) is 0. The molecule has 0 aromatic rings. The average molecular weight is 157 g/mol. The Hall–Kier alpha value is 0.500. The summed E-state index contributed by atoms with van der Waals surface area (Å²) in [5, 5.41) is 0. The zero-order chi connectivity index (χ0) is 5.98. The van der Waals surface area contributed by atoms with Crippen molar-refractivity contribution >= 4 is 23.2 Å². The van der Waals surface area contributed by atoms with Crippen molar-refractivity contribution in [2.75, 3.05) is 13.2 Å². The average Bonchev–Trinajstić information content (AvgIpc) is 1.64. The summed E-state index contributed by atoms with van der Waals surface area (Å²) in [5.74, 6) is 0. The second kappa shape index (κ2) is 2.87. The molecular weight excluding hydrogens is 151 g/mol. The van der Waals surface area contributed by atoms with Crippen LogP contribution in [0.3, 0.4) is 0 Å². The fourth-order valence-corrected chi connectivity index (χ4v) is 0.971. The second-order valence-electron chi connectivity index (χ2n) is 1.49. The van der Waals surface area contributed by atoms with Crippen molar-refractivity contribution < 1.29 is 9.47 Å². The fraction of sp³-hybridized carbons (Fsp3) is 1.00. The summed E-state index contributed by atoms with van der Waals surface area (Å²) < 4.78 is 9.80. The van der Waals surface area contributed by atoms with E-state index in [9.17, 15) is 0 Å². The maximum absolute atomic E-state index is 5.48. The number of alkyl halides is 2. The Balaban J connectivity index is 2.23. The SMILES string of the molecule is ClC1COCC(Cl)O1. The Morgan fingerprint density at radius 3 is 1.88 bits per heavy atom. The predicted molar refractivity (Wildman–Crippen MR) is 31.2 cm³/mol. The maximum Gasteiger partial charge on any atom is 0.156 e. The molecule has 0 aliphatic carbocycles. The molecule has 0 N–H and O–H groups in total. The van der Waals surface area contributed by atoms with Crippen LogP contribution < -0.4 is 0 Å². The second-order valence-corrected chi connectivity index (χ2v) is 2.47. The number of halogens is 2. The maximum atomic E-state index is 5.48. The van der Waals surface area contributed by atoms with E-state index in [2.05, 4.69) is 0 Å². The lowest BCUT2D eigenvalue weighted by molar-refractivity contribution is -0.0726. The lowest BCUT2D eigenvalue weighted by Gasteiger charge is -2.21. The number of rotatable bonds is 0. The van der Waals surface area contributed by atoms with Crippen molar-refractivity contribution in [1.29, 1.82) is 0 Å². The van der Waals surface area contributed by atoms with E-state index in [1.54, 1.807) is 0 Å². The van der Waals surface area contributed by atoms with Crippen LogP contribution in [0.5, 0.6) is 0 Å². The molecule has 2 atom stereocenters. The van der Waals surface area contributed by atoms with Gasteiger partial charge in [-0.25, -0.2) is 0 Å². The molecule has 0 aromatic heterocycles.